The summed E-state index contributed by atoms with van der Waals surface area (Å²) in [4.78, 5) is 0.181. The fraction of sp³-hybridized carbons (Fsp3) is 0.143. The van der Waals surface area contributed by atoms with Gasteiger partial charge in [-0.05, 0) is 64.8 Å². The molecule has 4 nitrogen and oxygen atoms in total. The summed E-state index contributed by atoms with van der Waals surface area (Å²) < 4.78 is 33.9. The van der Waals surface area contributed by atoms with Gasteiger partial charge in [-0.3, -0.25) is 4.72 Å². The van der Waals surface area contributed by atoms with E-state index in [-0.39, 0.29) is 4.90 Å². The van der Waals surface area contributed by atoms with Crippen molar-refractivity contribution in [3.8, 4) is 5.75 Å². The molecule has 112 valence electrons. The molecule has 0 aliphatic rings. The van der Waals surface area contributed by atoms with Gasteiger partial charge in [0, 0.05) is 8.95 Å². The van der Waals surface area contributed by atoms with E-state index < -0.39 is 10.0 Å². The maximum absolute atomic E-state index is 12.5. The number of halogens is 2. The predicted octanol–water partition coefficient (Wildman–Crippen LogP) is 4.33. The second kappa shape index (κ2) is 6.37. The number of ether oxygens (including phenoxy) is 1. The minimum Gasteiger partial charge on any atom is -0.497 e. The third-order valence-electron chi connectivity index (χ3n) is 2.86. The van der Waals surface area contributed by atoms with Gasteiger partial charge in [-0.1, -0.05) is 15.9 Å². The van der Waals surface area contributed by atoms with Gasteiger partial charge in [-0.2, -0.15) is 0 Å². The van der Waals surface area contributed by atoms with Crippen LogP contribution in [0.25, 0.3) is 0 Å². The Hall–Kier alpha value is -1.05. The molecule has 0 heterocycles. The molecule has 0 aliphatic carbocycles. The van der Waals surface area contributed by atoms with Crippen molar-refractivity contribution in [1.82, 2.24) is 0 Å². The van der Waals surface area contributed by atoms with E-state index in [1.807, 2.05) is 6.92 Å². The van der Waals surface area contributed by atoms with Crippen LogP contribution in [0.2, 0.25) is 0 Å². The molecule has 0 saturated carbocycles. The van der Waals surface area contributed by atoms with Crippen molar-refractivity contribution < 1.29 is 13.2 Å². The van der Waals surface area contributed by atoms with Crippen molar-refractivity contribution in [2.75, 3.05) is 11.8 Å². The van der Waals surface area contributed by atoms with Crippen molar-refractivity contribution in [3.63, 3.8) is 0 Å². The molecule has 2 aromatic carbocycles. The maximum Gasteiger partial charge on any atom is 0.263 e. The Kier molecular flexibility index (Phi) is 4.95. The molecule has 0 radical (unpaired) electrons. The van der Waals surface area contributed by atoms with Crippen molar-refractivity contribution in [3.05, 3.63) is 50.9 Å². The highest BCUT2D eigenvalue weighted by Crippen LogP contribution is 2.29. The fourth-order valence-corrected chi connectivity index (χ4v) is 4.65. The van der Waals surface area contributed by atoms with Crippen LogP contribution in [0.4, 0.5) is 5.69 Å². The molecule has 21 heavy (non-hydrogen) atoms. The predicted molar refractivity (Wildman–Crippen MR) is 90.4 cm³/mol. The molecule has 0 amide bonds. The maximum atomic E-state index is 12.5. The van der Waals surface area contributed by atoms with Gasteiger partial charge in [0.2, 0.25) is 0 Å². The zero-order chi connectivity index (χ0) is 15.6. The van der Waals surface area contributed by atoms with Crippen LogP contribution in [0.3, 0.4) is 0 Å². The topological polar surface area (TPSA) is 55.4 Å². The largest absolute Gasteiger partial charge is 0.497 e. The van der Waals surface area contributed by atoms with Gasteiger partial charge >= 0.3 is 0 Å². The van der Waals surface area contributed by atoms with E-state index in [2.05, 4.69) is 36.6 Å². The Bertz CT molecular complexity index is 776. The first-order valence-electron chi connectivity index (χ1n) is 5.96. The van der Waals surface area contributed by atoms with Crippen LogP contribution in [-0.2, 0) is 10.0 Å². The van der Waals surface area contributed by atoms with Crippen molar-refractivity contribution >= 4 is 47.6 Å². The molecule has 0 aromatic heterocycles. The van der Waals surface area contributed by atoms with Gasteiger partial charge in [-0.25, -0.2) is 8.42 Å². The Morgan fingerprint density at radius 1 is 1.10 bits per heavy atom. The second-order valence-corrected chi connectivity index (χ2v) is 7.78. The molecule has 7 heteroatoms. The molecular formula is C14H13Br2NO3S. The number of hydrogen-bond acceptors (Lipinski definition) is 3. The van der Waals surface area contributed by atoms with E-state index in [0.29, 0.717) is 15.9 Å². The lowest BCUT2D eigenvalue weighted by atomic mass is 10.2. The van der Waals surface area contributed by atoms with E-state index in [0.717, 1.165) is 10.0 Å². The van der Waals surface area contributed by atoms with E-state index in [1.54, 1.807) is 37.4 Å². The van der Waals surface area contributed by atoms with E-state index in [1.165, 1.54) is 6.07 Å². The highest BCUT2D eigenvalue weighted by molar-refractivity contribution is 9.11. The number of methoxy groups -OCH3 is 1. The Morgan fingerprint density at radius 3 is 2.38 bits per heavy atom. The molecule has 0 spiro atoms. The summed E-state index contributed by atoms with van der Waals surface area (Å²) >= 11 is 6.57. The van der Waals surface area contributed by atoms with Crippen LogP contribution < -0.4 is 9.46 Å². The smallest absolute Gasteiger partial charge is 0.263 e. The van der Waals surface area contributed by atoms with Crippen LogP contribution in [0, 0.1) is 6.92 Å². The summed E-state index contributed by atoms with van der Waals surface area (Å²) in [5.41, 5.74) is 1.30. The fourth-order valence-electron chi connectivity index (χ4n) is 1.77. The van der Waals surface area contributed by atoms with Crippen LogP contribution in [0.1, 0.15) is 5.56 Å². The molecular weight excluding hydrogens is 422 g/mol. The monoisotopic (exact) mass is 433 g/mol. The van der Waals surface area contributed by atoms with Crippen molar-refractivity contribution in [1.29, 1.82) is 0 Å². The van der Waals surface area contributed by atoms with Gasteiger partial charge in [0.15, 0.2) is 0 Å². The van der Waals surface area contributed by atoms with Crippen LogP contribution >= 0.6 is 31.9 Å². The van der Waals surface area contributed by atoms with Crippen LogP contribution in [-0.4, -0.2) is 15.5 Å². The molecule has 0 unspecified atom stereocenters. The summed E-state index contributed by atoms with van der Waals surface area (Å²) in [5, 5.41) is 0. The van der Waals surface area contributed by atoms with Crippen LogP contribution in [0.5, 0.6) is 5.75 Å². The molecule has 0 atom stereocenters. The zero-order valence-electron chi connectivity index (χ0n) is 11.4. The summed E-state index contributed by atoms with van der Waals surface area (Å²) in [5.74, 6) is 0.681. The first-order chi connectivity index (χ1) is 9.83. The molecule has 0 fully saturated rings. The average Bonchev–Trinajstić information content (AvgIpc) is 2.40. The normalized spacial score (nSPS) is 11.2. The van der Waals surface area contributed by atoms with Gasteiger partial charge in [-0.15, -0.1) is 0 Å². The minimum atomic E-state index is -3.66. The SMILES string of the molecule is COc1ccc(NS(=O)(=O)c2ccc(Br)cc2Br)c(C)c1. The summed E-state index contributed by atoms with van der Waals surface area (Å²) in [7, 11) is -2.09. The minimum absolute atomic E-state index is 0.181. The highest BCUT2D eigenvalue weighted by Gasteiger charge is 2.18. The summed E-state index contributed by atoms with van der Waals surface area (Å²) in [6.45, 7) is 1.82. The Morgan fingerprint density at radius 2 is 1.81 bits per heavy atom. The number of benzene rings is 2. The van der Waals surface area contributed by atoms with E-state index in [4.69, 9.17) is 4.74 Å². The lowest BCUT2D eigenvalue weighted by molar-refractivity contribution is 0.414. The number of hydrogen-bond donors (Lipinski definition) is 1. The molecule has 0 bridgehead atoms. The number of rotatable bonds is 4. The number of aryl methyl sites for hydroxylation is 1. The van der Waals surface area contributed by atoms with Crippen molar-refractivity contribution in [2.45, 2.75) is 11.8 Å². The van der Waals surface area contributed by atoms with Gasteiger partial charge in [0.05, 0.1) is 12.8 Å². The molecule has 2 rings (SSSR count). The first kappa shape index (κ1) is 16.3. The first-order valence-corrected chi connectivity index (χ1v) is 9.03. The third kappa shape index (κ3) is 3.78. The molecule has 2 aromatic rings. The average molecular weight is 435 g/mol. The third-order valence-corrected chi connectivity index (χ3v) is 5.70. The second-order valence-electron chi connectivity index (χ2n) is 4.36. The van der Waals surface area contributed by atoms with E-state index >= 15 is 0 Å². The lowest BCUT2D eigenvalue weighted by Gasteiger charge is -2.12. The summed E-state index contributed by atoms with van der Waals surface area (Å²) in [6, 6.07) is 10.1. The standard InChI is InChI=1S/C14H13Br2NO3S/c1-9-7-11(20-2)4-5-13(9)17-21(18,19)14-6-3-10(15)8-12(14)16/h3-8,17H,1-2H3. The molecule has 1 N–H and O–H groups in total. The number of sulfonamides is 1. The van der Waals surface area contributed by atoms with Crippen molar-refractivity contribution in [2.24, 2.45) is 0 Å². The summed E-state index contributed by atoms with van der Waals surface area (Å²) in [6.07, 6.45) is 0. The van der Waals surface area contributed by atoms with Gasteiger partial charge in [0.1, 0.15) is 10.6 Å². The van der Waals surface area contributed by atoms with Crippen LogP contribution in [0.15, 0.2) is 50.2 Å². The zero-order valence-corrected chi connectivity index (χ0v) is 15.3. The van der Waals surface area contributed by atoms with Gasteiger partial charge < -0.3 is 4.74 Å². The Labute approximate surface area is 140 Å². The molecule has 0 aliphatic heterocycles. The molecule has 0 saturated heterocycles. The number of anilines is 1. The number of nitrogens with one attached hydrogen (secondary N) is 1. The Balaban J connectivity index is 2.37. The quantitative estimate of drug-likeness (QED) is 0.778. The highest BCUT2D eigenvalue weighted by atomic mass is 79.9. The lowest BCUT2D eigenvalue weighted by Crippen LogP contribution is -2.14. The van der Waals surface area contributed by atoms with E-state index in [9.17, 15) is 8.42 Å². The van der Waals surface area contributed by atoms with Gasteiger partial charge in [0.25, 0.3) is 10.0 Å².